The van der Waals surface area contributed by atoms with Gasteiger partial charge in [0.1, 0.15) is 0 Å². The van der Waals surface area contributed by atoms with Crippen LogP contribution in [0.2, 0.25) is 0 Å². The van der Waals surface area contributed by atoms with Crippen LogP contribution in [0.5, 0.6) is 0 Å². The molecule has 0 spiro atoms. The number of hydrogen-bond acceptors (Lipinski definition) is 5. The Kier molecular flexibility index (Phi) is 2.94. The van der Waals surface area contributed by atoms with E-state index in [1.165, 1.54) is 19.0 Å². The number of aromatic nitrogens is 3. The van der Waals surface area contributed by atoms with Gasteiger partial charge in [0.25, 0.3) is 10.0 Å². The van der Waals surface area contributed by atoms with Crippen LogP contribution in [0.15, 0.2) is 27.5 Å². The van der Waals surface area contributed by atoms with E-state index >= 15 is 0 Å². The van der Waals surface area contributed by atoms with E-state index in [0.29, 0.717) is 17.3 Å². The molecule has 2 aromatic rings. The number of hydrogen-bond donors (Lipinski definition) is 2. The van der Waals surface area contributed by atoms with Gasteiger partial charge in [-0.05, 0) is 18.8 Å². The van der Waals surface area contributed by atoms with Gasteiger partial charge in [-0.3, -0.25) is 14.2 Å². The van der Waals surface area contributed by atoms with Crippen molar-refractivity contribution in [2.45, 2.75) is 23.6 Å². The second-order valence-electron chi connectivity index (χ2n) is 4.47. The van der Waals surface area contributed by atoms with Crippen LogP contribution in [-0.4, -0.2) is 23.2 Å². The van der Waals surface area contributed by atoms with Gasteiger partial charge in [-0.2, -0.15) is 5.10 Å². The predicted octanol–water partition coefficient (Wildman–Crippen LogP) is 0.844. The Balaban J connectivity index is 1.76. The van der Waals surface area contributed by atoms with Gasteiger partial charge < -0.3 is 4.98 Å². The van der Waals surface area contributed by atoms with E-state index in [2.05, 4.69) is 14.8 Å². The molecule has 9 heteroatoms. The van der Waals surface area contributed by atoms with Gasteiger partial charge in [-0.15, -0.1) is 0 Å². The first-order chi connectivity index (χ1) is 9.03. The van der Waals surface area contributed by atoms with E-state index in [1.54, 1.807) is 16.9 Å². The highest BCUT2D eigenvalue weighted by Crippen LogP contribution is 2.30. The summed E-state index contributed by atoms with van der Waals surface area (Å²) in [6, 6.07) is 1.61. The Morgan fingerprint density at radius 3 is 2.95 bits per heavy atom. The maximum atomic E-state index is 11.9. The van der Waals surface area contributed by atoms with Crippen LogP contribution in [0.4, 0.5) is 5.82 Å². The van der Waals surface area contributed by atoms with Crippen LogP contribution < -0.4 is 9.60 Å². The Bertz CT molecular complexity index is 739. The molecule has 2 heterocycles. The highest BCUT2D eigenvalue weighted by atomic mass is 32.2. The second-order valence-corrected chi connectivity index (χ2v) is 7.39. The first-order valence-corrected chi connectivity index (χ1v) is 8.08. The second kappa shape index (κ2) is 4.49. The highest BCUT2D eigenvalue weighted by molar-refractivity contribution is 7.94. The van der Waals surface area contributed by atoms with Crippen molar-refractivity contribution in [1.29, 1.82) is 0 Å². The first-order valence-electron chi connectivity index (χ1n) is 5.78. The smallest absolute Gasteiger partial charge is 0.305 e. The summed E-state index contributed by atoms with van der Waals surface area (Å²) in [7, 11) is -3.73. The van der Waals surface area contributed by atoms with Gasteiger partial charge >= 0.3 is 4.87 Å². The number of aromatic amines is 1. The van der Waals surface area contributed by atoms with Crippen molar-refractivity contribution in [2.24, 2.45) is 5.92 Å². The van der Waals surface area contributed by atoms with E-state index in [9.17, 15) is 13.2 Å². The molecule has 7 nitrogen and oxygen atoms in total. The van der Waals surface area contributed by atoms with E-state index in [1.807, 2.05) is 0 Å². The summed E-state index contributed by atoms with van der Waals surface area (Å²) >= 11 is 0.645. The zero-order valence-corrected chi connectivity index (χ0v) is 11.5. The van der Waals surface area contributed by atoms with Crippen molar-refractivity contribution in [3.63, 3.8) is 0 Å². The van der Waals surface area contributed by atoms with Gasteiger partial charge in [-0.25, -0.2) is 8.42 Å². The molecule has 0 unspecified atom stereocenters. The van der Waals surface area contributed by atoms with Gasteiger partial charge in [0.05, 0.1) is 0 Å². The molecule has 19 heavy (non-hydrogen) atoms. The van der Waals surface area contributed by atoms with Crippen molar-refractivity contribution in [3.05, 3.63) is 28.1 Å². The third kappa shape index (κ3) is 2.87. The lowest BCUT2D eigenvalue weighted by Gasteiger charge is -2.02. The first kappa shape index (κ1) is 12.4. The summed E-state index contributed by atoms with van der Waals surface area (Å²) in [6.07, 6.45) is 5.34. The van der Waals surface area contributed by atoms with Crippen molar-refractivity contribution < 1.29 is 8.42 Å². The molecule has 1 aliphatic rings. The van der Waals surface area contributed by atoms with Crippen molar-refractivity contribution in [3.8, 4) is 0 Å². The van der Waals surface area contributed by atoms with Crippen molar-refractivity contribution in [2.75, 3.05) is 4.72 Å². The van der Waals surface area contributed by atoms with Crippen LogP contribution >= 0.6 is 11.3 Å². The van der Waals surface area contributed by atoms with Gasteiger partial charge in [0.15, 0.2) is 10.0 Å². The largest absolute Gasteiger partial charge is 0.318 e. The third-order valence-electron chi connectivity index (χ3n) is 2.79. The number of thiazole rings is 1. The standard InChI is InChI=1S/C10H12N4O3S2/c15-10-11-5-9(18-10)19(16,17)13-8-3-4-14(12-8)6-7-1-2-7/h3-5,7H,1-2,6H2,(H,11,15)(H,12,13). The zero-order valence-electron chi connectivity index (χ0n) is 9.87. The van der Waals surface area contributed by atoms with Crippen LogP contribution in [0.3, 0.4) is 0 Å². The Labute approximate surface area is 113 Å². The minimum absolute atomic E-state index is 0.0470. The van der Waals surface area contributed by atoms with Crippen LogP contribution in [-0.2, 0) is 16.6 Å². The van der Waals surface area contributed by atoms with E-state index in [-0.39, 0.29) is 10.0 Å². The lowest BCUT2D eigenvalue weighted by molar-refractivity contribution is 0.564. The van der Waals surface area contributed by atoms with E-state index in [4.69, 9.17) is 0 Å². The SMILES string of the molecule is O=c1[nH]cc(S(=O)(=O)Nc2ccn(CC3CC3)n2)s1. The molecule has 3 rings (SSSR count). The Morgan fingerprint density at radius 2 is 2.32 bits per heavy atom. The lowest BCUT2D eigenvalue weighted by Crippen LogP contribution is -2.12. The lowest BCUT2D eigenvalue weighted by atomic mass is 10.4. The quantitative estimate of drug-likeness (QED) is 0.855. The average molecular weight is 300 g/mol. The fourth-order valence-corrected chi connectivity index (χ4v) is 3.58. The molecule has 0 radical (unpaired) electrons. The number of rotatable bonds is 5. The predicted molar refractivity (Wildman–Crippen MR) is 70.7 cm³/mol. The van der Waals surface area contributed by atoms with Gasteiger partial charge in [0.2, 0.25) is 0 Å². The molecule has 0 atom stereocenters. The number of H-pyrrole nitrogens is 1. The molecule has 1 fully saturated rings. The molecule has 2 N–H and O–H groups in total. The summed E-state index contributed by atoms with van der Waals surface area (Å²) in [5.41, 5.74) is 0. The molecule has 0 bridgehead atoms. The topological polar surface area (TPSA) is 96.9 Å². The molecule has 1 saturated carbocycles. The van der Waals surface area contributed by atoms with Crippen LogP contribution in [0, 0.1) is 5.92 Å². The Hall–Kier alpha value is -1.61. The van der Waals surface area contributed by atoms with Crippen molar-refractivity contribution >= 4 is 27.2 Å². The number of sulfonamides is 1. The summed E-state index contributed by atoms with van der Waals surface area (Å²) in [4.78, 5) is 12.9. The fourth-order valence-electron chi connectivity index (χ4n) is 1.67. The normalized spacial score (nSPS) is 15.6. The molecular weight excluding hydrogens is 288 g/mol. The van der Waals surface area contributed by atoms with Crippen LogP contribution in [0.1, 0.15) is 12.8 Å². The Morgan fingerprint density at radius 1 is 1.53 bits per heavy atom. The molecule has 102 valence electrons. The summed E-state index contributed by atoms with van der Waals surface area (Å²) in [5.74, 6) is 0.931. The minimum Gasteiger partial charge on any atom is -0.318 e. The number of nitrogens with one attached hydrogen (secondary N) is 2. The van der Waals surface area contributed by atoms with Crippen LogP contribution in [0.25, 0.3) is 0 Å². The molecular formula is C10H12N4O3S2. The number of nitrogens with zero attached hydrogens (tertiary/aromatic N) is 2. The van der Waals surface area contributed by atoms with Gasteiger partial charge in [-0.1, -0.05) is 11.3 Å². The molecule has 0 amide bonds. The minimum atomic E-state index is -3.73. The zero-order chi connectivity index (χ0) is 13.5. The van der Waals surface area contributed by atoms with Gasteiger partial charge in [0, 0.05) is 25.0 Å². The molecule has 2 aromatic heterocycles. The van der Waals surface area contributed by atoms with E-state index < -0.39 is 14.9 Å². The maximum Gasteiger partial charge on any atom is 0.305 e. The molecule has 0 aliphatic heterocycles. The van der Waals surface area contributed by atoms with E-state index in [0.717, 1.165) is 6.54 Å². The monoisotopic (exact) mass is 300 g/mol. The summed E-state index contributed by atoms with van der Waals surface area (Å²) in [6.45, 7) is 0.819. The maximum absolute atomic E-state index is 11.9. The number of anilines is 1. The molecule has 0 aromatic carbocycles. The fraction of sp³-hybridized carbons (Fsp3) is 0.400. The molecule has 0 saturated heterocycles. The highest BCUT2D eigenvalue weighted by Gasteiger charge is 2.23. The summed E-state index contributed by atoms with van der Waals surface area (Å²) < 4.78 is 27.9. The average Bonchev–Trinajstić information content (AvgIpc) is 2.84. The van der Waals surface area contributed by atoms with Crippen molar-refractivity contribution in [1.82, 2.24) is 14.8 Å². The molecule has 1 aliphatic carbocycles. The summed E-state index contributed by atoms with van der Waals surface area (Å²) in [5, 5.41) is 4.15. The third-order valence-corrected chi connectivity index (χ3v) is 5.44.